The number of ether oxygens (including phenoxy) is 2. The fourth-order valence-electron chi connectivity index (χ4n) is 3.23. The molecule has 0 bridgehead atoms. The van der Waals surface area contributed by atoms with Crippen LogP contribution in [-0.2, 0) is 11.2 Å². The van der Waals surface area contributed by atoms with Gasteiger partial charge in [-0.2, -0.15) is 0 Å². The first-order valence-electron chi connectivity index (χ1n) is 8.93. The number of methoxy groups -OCH3 is 1. The van der Waals surface area contributed by atoms with E-state index < -0.39 is 0 Å². The third-order valence-corrected chi connectivity index (χ3v) is 5.06. The van der Waals surface area contributed by atoms with Gasteiger partial charge in [-0.05, 0) is 45.0 Å². The number of nitrogens with one attached hydrogen (secondary N) is 2. The number of hydrogen-bond acceptors (Lipinski definition) is 4. The van der Waals surface area contributed by atoms with Gasteiger partial charge in [-0.15, -0.1) is 0 Å². The quantitative estimate of drug-likeness (QED) is 0.578. The van der Waals surface area contributed by atoms with Crippen molar-refractivity contribution in [1.82, 2.24) is 15.5 Å². The van der Waals surface area contributed by atoms with Crippen molar-refractivity contribution >= 4 is 5.96 Å². The Kier molecular flexibility index (Phi) is 7.52. The Balaban J connectivity index is 1.84. The summed E-state index contributed by atoms with van der Waals surface area (Å²) in [5.74, 6) is 1.77. The lowest BCUT2D eigenvalue weighted by atomic mass is 9.88. The van der Waals surface area contributed by atoms with Crippen LogP contribution in [0.4, 0.5) is 0 Å². The molecule has 1 aromatic rings. The summed E-state index contributed by atoms with van der Waals surface area (Å²) in [4.78, 5) is 6.66. The maximum atomic E-state index is 5.53. The average molecular weight is 348 g/mol. The number of benzene rings is 1. The first-order valence-corrected chi connectivity index (χ1v) is 8.93. The van der Waals surface area contributed by atoms with Crippen molar-refractivity contribution < 1.29 is 9.47 Å². The van der Waals surface area contributed by atoms with Crippen LogP contribution < -0.4 is 15.4 Å². The van der Waals surface area contributed by atoms with Gasteiger partial charge < -0.3 is 25.0 Å². The lowest BCUT2D eigenvalue weighted by Crippen LogP contribution is -2.57. The van der Waals surface area contributed by atoms with Gasteiger partial charge in [0.2, 0.25) is 0 Å². The number of nitrogens with zero attached hydrogens (tertiary/aromatic N) is 2. The fraction of sp³-hybridized carbons (Fsp3) is 0.632. The number of likely N-dealkylation sites (N-methyl/N-ethyl adjacent to an activating group) is 1. The molecule has 0 saturated carbocycles. The number of para-hydroxylation sites is 1. The molecule has 2 N–H and O–H groups in total. The van der Waals surface area contributed by atoms with Crippen LogP contribution in [0.25, 0.3) is 0 Å². The highest BCUT2D eigenvalue weighted by molar-refractivity contribution is 5.79. The number of aliphatic imine (C=N–C) groups is 1. The summed E-state index contributed by atoms with van der Waals surface area (Å²) in [6.45, 7) is 3.30. The molecule has 0 aromatic heterocycles. The zero-order valence-corrected chi connectivity index (χ0v) is 16.0. The molecule has 1 aliphatic heterocycles. The molecule has 140 valence electrons. The van der Waals surface area contributed by atoms with E-state index in [4.69, 9.17) is 9.47 Å². The van der Waals surface area contributed by atoms with Gasteiger partial charge >= 0.3 is 0 Å². The van der Waals surface area contributed by atoms with Gasteiger partial charge in [0.25, 0.3) is 0 Å². The second kappa shape index (κ2) is 9.63. The van der Waals surface area contributed by atoms with Crippen molar-refractivity contribution in [3.8, 4) is 5.75 Å². The first kappa shape index (κ1) is 19.5. The topological polar surface area (TPSA) is 58.1 Å². The minimum Gasteiger partial charge on any atom is -0.496 e. The largest absolute Gasteiger partial charge is 0.496 e. The van der Waals surface area contributed by atoms with Crippen molar-refractivity contribution in [1.29, 1.82) is 0 Å². The van der Waals surface area contributed by atoms with Crippen LogP contribution in [0, 0.1) is 0 Å². The lowest BCUT2D eigenvalue weighted by Gasteiger charge is -2.43. The molecule has 0 spiro atoms. The van der Waals surface area contributed by atoms with Crippen LogP contribution in [0.1, 0.15) is 18.4 Å². The highest BCUT2D eigenvalue weighted by atomic mass is 16.5. The van der Waals surface area contributed by atoms with Gasteiger partial charge in [-0.3, -0.25) is 4.99 Å². The average Bonchev–Trinajstić information content (AvgIpc) is 2.65. The summed E-state index contributed by atoms with van der Waals surface area (Å²) in [5, 5.41) is 6.89. The monoisotopic (exact) mass is 348 g/mol. The normalized spacial score (nSPS) is 17.4. The predicted octanol–water partition coefficient (Wildman–Crippen LogP) is 1.51. The number of guanidine groups is 1. The molecule has 1 heterocycles. The molecule has 25 heavy (non-hydrogen) atoms. The van der Waals surface area contributed by atoms with E-state index in [0.717, 1.165) is 57.3 Å². The summed E-state index contributed by atoms with van der Waals surface area (Å²) in [7, 11) is 7.81. The van der Waals surface area contributed by atoms with Crippen molar-refractivity contribution in [2.45, 2.75) is 24.8 Å². The van der Waals surface area contributed by atoms with Crippen molar-refractivity contribution in [3.05, 3.63) is 29.8 Å². The van der Waals surface area contributed by atoms with Crippen molar-refractivity contribution in [3.63, 3.8) is 0 Å². The Bertz CT molecular complexity index is 554. The van der Waals surface area contributed by atoms with Crippen molar-refractivity contribution in [2.24, 2.45) is 4.99 Å². The highest BCUT2D eigenvalue weighted by Crippen LogP contribution is 2.25. The Morgan fingerprint density at radius 3 is 2.60 bits per heavy atom. The van der Waals surface area contributed by atoms with E-state index in [1.54, 1.807) is 7.11 Å². The van der Waals surface area contributed by atoms with Gasteiger partial charge in [-0.1, -0.05) is 18.2 Å². The molecule has 1 fully saturated rings. The molecular formula is C19H32N4O2. The van der Waals surface area contributed by atoms with Crippen LogP contribution >= 0.6 is 0 Å². The van der Waals surface area contributed by atoms with Gasteiger partial charge in [-0.25, -0.2) is 0 Å². The SMILES string of the molecule is CN=C(NCCc1ccccc1OC)NCC1(N(C)C)CCOCC1. The van der Waals surface area contributed by atoms with E-state index in [1.807, 2.05) is 25.2 Å². The highest BCUT2D eigenvalue weighted by Gasteiger charge is 2.34. The lowest BCUT2D eigenvalue weighted by molar-refractivity contribution is -0.00500. The Morgan fingerprint density at radius 1 is 1.24 bits per heavy atom. The third-order valence-electron chi connectivity index (χ3n) is 5.06. The molecule has 0 unspecified atom stereocenters. The summed E-state index contributed by atoms with van der Waals surface area (Å²) < 4.78 is 10.9. The van der Waals surface area contributed by atoms with Gasteiger partial charge in [0.05, 0.1) is 7.11 Å². The number of hydrogen-bond donors (Lipinski definition) is 2. The summed E-state index contributed by atoms with van der Waals surface area (Å²) in [5.41, 5.74) is 1.32. The summed E-state index contributed by atoms with van der Waals surface area (Å²) >= 11 is 0. The Morgan fingerprint density at radius 2 is 1.96 bits per heavy atom. The molecule has 0 aliphatic carbocycles. The molecule has 1 aromatic carbocycles. The second-order valence-corrected chi connectivity index (χ2v) is 6.65. The molecule has 0 atom stereocenters. The van der Waals surface area contributed by atoms with Gasteiger partial charge in [0, 0.05) is 38.9 Å². The minimum atomic E-state index is 0.124. The van der Waals surface area contributed by atoms with E-state index in [9.17, 15) is 0 Å². The van der Waals surface area contributed by atoms with Crippen LogP contribution in [0.5, 0.6) is 5.75 Å². The molecule has 6 heteroatoms. The molecule has 0 radical (unpaired) electrons. The predicted molar refractivity (Wildman–Crippen MR) is 103 cm³/mol. The molecule has 2 rings (SSSR count). The van der Waals surface area contributed by atoms with Crippen LogP contribution in [0.15, 0.2) is 29.3 Å². The number of rotatable bonds is 7. The maximum absolute atomic E-state index is 5.53. The molecule has 6 nitrogen and oxygen atoms in total. The molecular weight excluding hydrogens is 316 g/mol. The van der Waals surface area contributed by atoms with Gasteiger partial charge in [0.15, 0.2) is 5.96 Å². The second-order valence-electron chi connectivity index (χ2n) is 6.65. The van der Waals surface area contributed by atoms with Crippen LogP contribution in [-0.4, -0.2) is 71.0 Å². The molecule has 1 aliphatic rings. The van der Waals surface area contributed by atoms with Crippen molar-refractivity contribution in [2.75, 3.05) is 54.6 Å². The van der Waals surface area contributed by atoms with Crippen LogP contribution in [0.3, 0.4) is 0 Å². The zero-order valence-electron chi connectivity index (χ0n) is 16.0. The van der Waals surface area contributed by atoms with Gasteiger partial charge in [0.1, 0.15) is 5.75 Å². The Labute approximate surface area is 151 Å². The third kappa shape index (κ3) is 5.34. The van der Waals surface area contributed by atoms with E-state index >= 15 is 0 Å². The van der Waals surface area contributed by atoms with E-state index in [1.165, 1.54) is 5.56 Å². The van der Waals surface area contributed by atoms with E-state index in [-0.39, 0.29) is 5.54 Å². The minimum absolute atomic E-state index is 0.124. The first-order chi connectivity index (χ1) is 12.1. The standard InChI is InChI=1S/C19H32N4O2/c1-20-18(21-12-9-16-7-5-6-8-17(16)24-4)22-15-19(23(2)3)10-13-25-14-11-19/h5-8H,9-15H2,1-4H3,(H2,20,21,22). The van der Waals surface area contributed by atoms with Crippen LogP contribution in [0.2, 0.25) is 0 Å². The Hall–Kier alpha value is -1.79. The fourth-order valence-corrected chi connectivity index (χ4v) is 3.23. The summed E-state index contributed by atoms with van der Waals surface area (Å²) in [6, 6.07) is 8.12. The summed E-state index contributed by atoms with van der Waals surface area (Å²) in [6.07, 6.45) is 2.95. The maximum Gasteiger partial charge on any atom is 0.191 e. The zero-order chi connectivity index (χ0) is 18.1. The molecule has 1 saturated heterocycles. The molecule has 0 amide bonds. The van der Waals surface area contributed by atoms with E-state index in [0.29, 0.717) is 0 Å². The smallest absolute Gasteiger partial charge is 0.191 e. The van der Waals surface area contributed by atoms with E-state index in [2.05, 4.69) is 40.7 Å².